The Labute approximate surface area is 197 Å². The van der Waals surface area contributed by atoms with Gasteiger partial charge in [0.2, 0.25) is 17.8 Å². The molecule has 3 N–H and O–H groups in total. The van der Waals surface area contributed by atoms with Gasteiger partial charge < -0.3 is 16.0 Å². The van der Waals surface area contributed by atoms with Gasteiger partial charge in [-0.05, 0) is 55.3 Å². The molecule has 0 bridgehead atoms. The molecule has 4 rings (SSSR count). The SMILES string of the molecule is Cc1cccc(NC(=O)CSc2nc(Nc3ccccc3)nc(Nc3ccccc3)n2)c1C. The van der Waals surface area contributed by atoms with Crippen LogP contribution in [0.4, 0.5) is 29.0 Å². The second-order valence-corrected chi connectivity index (χ2v) is 8.27. The molecule has 0 aliphatic carbocycles. The van der Waals surface area contributed by atoms with Gasteiger partial charge in [0.1, 0.15) is 0 Å². The number of rotatable bonds is 8. The Bertz CT molecular complexity index is 1170. The summed E-state index contributed by atoms with van der Waals surface area (Å²) < 4.78 is 0. The number of hydrogen-bond acceptors (Lipinski definition) is 7. The minimum Gasteiger partial charge on any atom is -0.325 e. The van der Waals surface area contributed by atoms with E-state index in [9.17, 15) is 4.79 Å². The number of amides is 1. The van der Waals surface area contributed by atoms with Crippen LogP contribution in [0.3, 0.4) is 0 Å². The van der Waals surface area contributed by atoms with Crippen LogP contribution < -0.4 is 16.0 Å². The standard InChI is InChI=1S/C25H24N6OS/c1-17-10-9-15-21(18(17)2)28-22(32)16-33-25-30-23(26-19-11-5-3-6-12-19)29-24(31-25)27-20-13-7-4-8-14-20/h3-15H,16H2,1-2H3,(H,28,32)(H2,26,27,29,30,31). The largest absolute Gasteiger partial charge is 0.325 e. The lowest BCUT2D eigenvalue weighted by Crippen LogP contribution is -2.15. The third-order valence-corrected chi connectivity index (χ3v) is 5.73. The third kappa shape index (κ3) is 6.30. The Morgan fingerprint density at radius 3 is 1.91 bits per heavy atom. The molecule has 1 aromatic heterocycles. The number of benzene rings is 3. The van der Waals surface area contributed by atoms with Gasteiger partial charge in [-0.2, -0.15) is 15.0 Å². The maximum atomic E-state index is 12.6. The van der Waals surface area contributed by atoms with E-state index in [4.69, 9.17) is 0 Å². The molecule has 3 aromatic carbocycles. The average molecular weight is 457 g/mol. The van der Waals surface area contributed by atoms with Crippen LogP contribution in [-0.2, 0) is 4.79 Å². The zero-order valence-corrected chi connectivity index (χ0v) is 19.2. The van der Waals surface area contributed by atoms with Crippen molar-refractivity contribution >= 4 is 46.6 Å². The van der Waals surface area contributed by atoms with Gasteiger partial charge in [0, 0.05) is 17.1 Å². The van der Waals surface area contributed by atoms with E-state index in [0.717, 1.165) is 28.2 Å². The molecule has 0 aliphatic heterocycles. The van der Waals surface area contributed by atoms with Crippen LogP contribution >= 0.6 is 11.8 Å². The molecular weight excluding hydrogens is 432 g/mol. The van der Waals surface area contributed by atoms with Crippen LogP contribution in [0.25, 0.3) is 0 Å². The molecular formula is C25H24N6OS. The second-order valence-electron chi connectivity index (χ2n) is 7.33. The number of aryl methyl sites for hydroxylation is 1. The molecule has 0 saturated heterocycles. The maximum Gasteiger partial charge on any atom is 0.234 e. The summed E-state index contributed by atoms with van der Waals surface area (Å²) >= 11 is 1.25. The van der Waals surface area contributed by atoms with Gasteiger partial charge >= 0.3 is 0 Å². The molecule has 33 heavy (non-hydrogen) atoms. The van der Waals surface area contributed by atoms with Gasteiger partial charge in [-0.15, -0.1) is 0 Å². The number of para-hydroxylation sites is 2. The Morgan fingerprint density at radius 2 is 1.33 bits per heavy atom. The van der Waals surface area contributed by atoms with Crippen molar-refractivity contribution in [1.29, 1.82) is 0 Å². The zero-order chi connectivity index (χ0) is 23.0. The summed E-state index contributed by atoms with van der Waals surface area (Å²) in [7, 11) is 0. The summed E-state index contributed by atoms with van der Waals surface area (Å²) in [5.74, 6) is 0.843. The number of thioether (sulfide) groups is 1. The van der Waals surface area contributed by atoms with Crippen molar-refractivity contribution in [2.45, 2.75) is 19.0 Å². The highest BCUT2D eigenvalue weighted by atomic mass is 32.2. The maximum absolute atomic E-state index is 12.6. The summed E-state index contributed by atoms with van der Waals surface area (Å²) in [6, 6.07) is 25.2. The van der Waals surface area contributed by atoms with E-state index in [1.54, 1.807) is 0 Å². The lowest BCUT2D eigenvalue weighted by molar-refractivity contribution is -0.113. The van der Waals surface area contributed by atoms with E-state index in [0.29, 0.717) is 17.1 Å². The van der Waals surface area contributed by atoms with Crippen molar-refractivity contribution in [3.63, 3.8) is 0 Å². The van der Waals surface area contributed by atoms with E-state index >= 15 is 0 Å². The van der Waals surface area contributed by atoms with Crippen molar-refractivity contribution in [2.24, 2.45) is 0 Å². The lowest BCUT2D eigenvalue weighted by Gasteiger charge is -2.11. The Morgan fingerprint density at radius 1 is 0.758 bits per heavy atom. The highest BCUT2D eigenvalue weighted by Gasteiger charge is 2.12. The van der Waals surface area contributed by atoms with Crippen LogP contribution in [-0.4, -0.2) is 26.6 Å². The third-order valence-electron chi connectivity index (χ3n) is 4.89. The van der Waals surface area contributed by atoms with Crippen molar-refractivity contribution < 1.29 is 4.79 Å². The lowest BCUT2D eigenvalue weighted by atomic mass is 10.1. The molecule has 7 nitrogen and oxygen atoms in total. The van der Waals surface area contributed by atoms with E-state index in [1.165, 1.54) is 11.8 Å². The van der Waals surface area contributed by atoms with Crippen molar-refractivity contribution in [2.75, 3.05) is 21.7 Å². The van der Waals surface area contributed by atoms with Crippen molar-refractivity contribution in [1.82, 2.24) is 15.0 Å². The van der Waals surface area contributed by atoms with Crippen LogP contribution in [0.5, 0.6) is 0 Å². The fourth-order valence-electron chi connectivity index (χ4n) is 3.04. The number of hydrogen-bond donors (Lipinski definition) is 3. The van der Waals surface area contributed by atoms with Gasteiger partial charge in [-0.25, -0.2) is 0 Å². The smallest absolute Gasteiger partial charge is 0.234 e. The summed E-state index contributed by atoms with van der Waals surface area (Å²) in [5.41, 5.74) is 4.72. The summed E-state index contributed by atoms with van der Waals surface area (Å²) in [4.78, 5) is 26.0. The molecule has 1 heterocycles. The first-order chi connectivity index (χ1) is 16.1. The molecule has 0 unspecified atom stereocenters. The highest BCUT2D eigenvalue weighted by molar-refractivity contribution is 7.99. The minimum absolute atomic E-state index is 0.121. The number of nitrogens with zero attached hydrogens (tertiary/aromatic N) is 3. The number of carbonyl (C=O) groups is 1. The predicted molar refractivity (Wildman–Crippen MR) is 135 cm³/mol. The van der Waals surface area contributed by atoms with E-state index in [2.05, 4.69) is 30.9 Å². The van der Waals surface area contributed by atoms with Gasteiger partial charge in [-0.1, -0.05) is 60.3 Å². The molecule has 1 amide bonds. The highest BCUT2D eigenvalue weighted by Crippen LogP contribution is 2.23. The first kappa shape index (κ1) is 22.3. The van der Waals surface area contributed by atoms with Crippen LogP contribution in [0.2, 0.25) is 0 Å². The Hall–Kier alpha value is -3.91. The first-order valence-corrected chi connectivity index (χ1v) is 11.4. The van der Waals surface area contributed by atoms with Crippen LogP contribution in [0, 0.1) is 13.8 Å². The van der Waals surface area contributed by atoms with Crippen molar-refractivity contribution in [3.8, 4) is 0 Å². The molecule has 0 saturated carbocycles. The van der Waals surface area contributed by atoms with Crippen molar-refractivity contribution in [3.05, 3.63) is 90.0 Å². The fourth-order valence-corrected chi connectivity index (χ4v) is 3.67. The van der Waals surface area contributed by atoms with Gasteiger partial charge in [-0.3, -0.25) is 4.79 Å². The molecule has 166 valence electrons. The molecule has 0 spiro atoms. The topological polar surface area (TPSA) is 91.8 Å². The van der Waals surface area contributed by atoms with Gasteiger partial charge in [0.05, 0.1) is 5.75 Å². The fraction of sp³-hybridized carbons (Fsp3) is 0.120. The molecule has 0 aliphatic rings. The molecule has 0 atom stereocenters. The summed E-state index contributed by atoms with van der Waals surface area (Å²) in [5, 5.41) is 9.80. The summed E-state index contributed by atoms with van der Waals surface area (Å²) in [6.07, 6.45) is 0. The van der Waals surface area contributed by atoms with Crippen LogP contribution in [0.1, 0.15) is 11.1 Å². The number of aromatic nitrogens is 3. The first-order valence-electron chi connectivity index (χ1n) is 10.5. The monoisotopic (exact) mass is 456 g/mol. The predicted octanol–water partition coefficient (Wildman–Crippen LogP) is 5.71. The Balaban J connectivity index is 1.50. The zero-order valence-electron chi connectivity index (χ0n) is 18.4. The second kappa shape index (κ2) is 10.6. The normalized spacial score (nSPS) is 10.5. The van der Waals surface area contributed by atoms with Crippen LogP contribution in [0.15, 0.2) is 84.0 Å². The molecule has 4 aromatic rings. The van der Waals surface area contributed by atoms with Gasteiger partial charge in [0.25, 0.3) is 0 Å². The van der Waals surface area contributed by atoms with E-state index < -0.39 is 0 Å². The molecule has 0 fully saturated rings. The molecule has 8 heteroatoms. The Kier molecular flexibility index (Phi) is 7.16. The minimum atomic E-state index is -0.121. The van der Waals surface area contributed by atoms with Gasteiger partial charge in [0.15, 0.2) is 5.16 Å². The average Bonchev–Trinajstić information content (AvgIpc) is 2.82. The summed E-state index contributed by atoms with van der Waals surface area (Å²) in [6.45, 7) is 4.01. The van der Waals surface area contributed by atoms with E-state index in [-0.39, 0.29) is 11.7 Å². The number of carbonyl (C=O) groups excluding carboxylic acids is 1. The number of nitrogens with one attached hydrogen (secondary N) is 3. The quantitative estimate of drug-likeness (QED) is 0.293. The number of anilines is 5. The molecule has 0 radical (unpaired) electrons. The van der Waals surface area contributed by atoms with E-state index in [1.807, 2.05) is 92.7 Å².